The molecule has 3 N–H and O–H groups in total. The number of anilines is 2. The Balaban J connectivity index is 1.41. The molecule has 0 saturated carbocycles. The first-order chi connectivity index (χ1) is 22.8. The van der Waals surface area contributed by atoms with Crippen molar-refractivity contribution < 1.29 is 23.9 Å². The molecular weight excluding hydrogens is 633 g/mol. The predicted octanol–water partition coefficient (Wildman–Crippen LogP) is 7.35. The number of thiazole rings is 1. The summed E-state index contributed by atoms with van der Waals surface area (Å²) < 4.78 is 11.0. The molecule has 11 heteroatoms. The predicted molar refractivity (Wildman–Crippen MR) is 187 cm³/mol. The Bertz CT molecular complexity index is 1890. The highest BCUT2D eigenvalue weighted by Gasteiger charge is 2.24. The van der Waals surface area contributed by atoms with Gasteiger partial charge in [0.25, 0.3) is 11.8 Å². The highest BCUT2D eigenvalue weighted by molar-refractivity contribution is 8.00. The summed E-state index contributed by atoms with van der Waals surface area (Å²) in [5.41, 5.74) is 3.03. The van der Waals surface area contributed by atoms with Crippen molar-refractivity contribution in [1.29, 1.82) is 0 Å². The Morgan fingerprint density at radius 3 is 2.26 bits per heavy atom. The maximum atomic E-state index is 13.8. The number of benzene rings is 4. The number of nitrogens with zero attached hydrogens (tertiary/aromatic N) is 1. The molecule has 9 nitrogen and oxygen atoms in total. The summed E-state index contributed by atoms with van der Waals surface area (Å²) in [7, 11) is 3.02. The van der Waals surface area contributed by atoms with E-state index in [9.17, 15) is 14.4 Å². The molecule has 47 heavy (non-hydrogen) atoms. The van der Waals surface area contributed by atoms with Gasteiger partial charge in [-0.1, -0.05) is 66.7 Å². The number of rotatable bonds is 12. The van der Waals surface area contributed by atoms with Gasteiger partial charge in [0.15, 0.2) is 16.6 Å². The maximum absolute atomic E-state index is 13.8. The van der Waals surface area contributed by atoms with E-state index in [1.54, 1.807) is 66.7 Å². The van der Waals surface area contributed by atoms with E-state index >= 15 is 0 Å². The number of hydrogen-bond donors (Lipinski definition) is 3. The zero-order valence-electron chi connectivity index (χ0n) is 25.9. The Morgan fingerprint density at radius 2 is 1.57 bits per heavy atom. The average molecular weight is 665 g/mol. The fraction of sp³-hybridized carbons (Fsp3) is 0.111. The SMILES string of the molecule is COc1cccc(/C=C(/NC(=O)c2ccccc2)C(=O)Nc2cccc(SC(C(=O)Nc3nc(C)cs3)c3ccccc3)c2)c1OC. The molecule has 5 aromatic rings. The number of carbonyl (C=O) groups is 3. The van der Waals surface area contributed by atoms with E-state index < -0.39 is 17.1 Å². The van der Waals surface area contributed by atoms with E-state index in [0.717, 1.165) is 16.2 Å². The minimum Gasteiger partial charge on any atom is -0.493 e. The normalized spacial score (nSPS) is 11.7. The van der Waals surface area contributed by atoms with Crippen molar-refractivity contribution in [2.75, 3.05) is 24.9 Å². The van der Waals surface area contributed by atoms with Gasteiger partial charge in [-0.15, -0.1) is 23.1 Å². The van der Waals surface area contributed by atoms with Crippen LogP contribution in [-0.4, -0.2) is 36.9 Å². The summed E-state index contributed by atoms with van der Waals surface area (Å²) in [6.45, 7) is 1.87. The summed E-state index contributed by atoms with van der Waals surface area (Å²) in [6, 6.07) is 30.5. The quantitative estimate of drug-likeness (QED) is 0.0943. The third-order valence-corrected chi connectivity index (χ3v) is 8.92. The van der Waals surface area contributed by atoms with Crippen LogP contribution in [0.1, 0.15) is 32.4 Å². The van der Waals surface area contributed by atoms with Crippen molar-refractivity contribution in [3.8, 4) is 11.5 Å². The number of amides is 3. The minimum atomic E-state index is -0.590. The van der Waals surface area contributed by atoms with Gasteiger partial charge in [-0.25, -0.2) is 4.98 Å². The van der Waals surface area contributed by atoms with Crippen LogP contribution < -0.4 is 25.4 Å². The molecule has 1 aromatic heterocycles. The topological polar surface area (TPSA) is 119 Å². The van der Waals surface area contributed by atoms with Crippen LogP contribution in [0.4, 0.5) is 10.8 Å². The van der Waals surface area contributed by atoms with Gasteiger partial charge in [-0.2, -0.15) is 0 Å². The van der Waals surface area contributed by atoms with E-state index in [2.05, 4.69) is 20.9 Å². The lowest BCUT2D eigenvalue weighted by Gasteiger charge is -2.17. The number of thioether (sulfide) groups is 1. The molecule has 0 aliphatic carbocycles. The Hall–Kier alpha value is -5.39. The van der Waals surface area contributed by atoms with E-state index in [-0.39, 0.29) is 11.6 Å². The lowest BCUT2D eigenvalue weighted by molar-refractivity contribution is -0.116. The molecule has 3 amide bonds. The van der Waals surface area contributed by atoms with Crippen molar-refractivity contribution >= 4 is 57.7 Å². The molecule has 0 spiro atoms. The van der Waals surface area contributed by atoms with Gasteiger partial charge in [-0.3, -0.25) is 14.4 Å². The minimum absolute atomic E-state index is 0.0104. The van der Waals surface area contributed by atoms with Crippen molar-refractivity contribution in [1.82, 2.24) is 10.3 Å². The van der Waals surface area contributed by atoms with Crippen LogP contribution in [-0.2, 0) is 9.59 Å². The molecule has 5 rings (SSSR count). The van der Waals surface area contributed by atoms with Gasteiger partial charge in [0.1, 0.15) is 10.9 Å². The second-order valence-corrected chi connectivity index (χ2v) is 12.2. The smallest absolute Gasteiger partial charge is 0.272 e. The van der Waals surface area contributed by atoms with E-state index in [1.165, 1.54) is 43.4 Å². The van der Waals surface area contributed by atoms with Crippen LogP contribution in [0.3, 0.4) is 0 Å². The van der Waals surface area contributed by atoms with Crippen LogP contribution in [0.2, 0.25) is 0 Å². The number of aromatic nitrogens is 1. The van der Waals surface area contributed by atoms with E-state index in [0.29, 0.717) is 33.4 Å². The zero-order valence-corrected chi connectivity index (χ0v) is 27.5. The monoisotopic (exact) mass is 664 g/mol. The van der Waals surface area contributed by atoms with Gasteiger partial charge in [0.05, 0.1) is 19.9 Å². The molecule has 0 aliphatic heterocycles. The highest BCUT2D eigenvalue weighted by atomic mass is 32.2. The molecule has 1 atom stereocenters. The summed E-state index contributed by atoms with van der Waals surface area (Å²) in [5.74, 6) is -0.345. The number of aryl methyl sites for hydroxylation is 1. The van der Waals surface area contributed by atoms with Gasteiger partial charge in [0, 0.05) is 27.1 Å². The molecule has 0 aliphatic rings. The fourth-order valence-corrected chi connectivity index (χ4v) is 6.36. The van der Waals surface area contributed by atoms with Crippen LogP contribution in [0.15, 0.2) is 119 Å². The molecule has 4 aromatic carbocycles. The summed E-state index contributed by atoms with van der Waals surface area (Å²) >= 11 is 2.71. The van der Waals surface area contributed by atoms with Crippen LogP contribution in [0.5, 0.6) is 11.5 Å². The summed E-state index contributed by atoms with van der Waals surface area (Å²) in [5, 5.41) is 10.4. The Kier molecular flexibility index (Phi) is 11.1. The second kappa shape index (κ2) is 15.7. The van der Waals surface area contributed by atoms with Gasteiger partial charge in [-0.05, 0) is 55.0 Å². The molecule has 0 radical (unpaired) electrons. The number of para-hydroxylation sites is 1. The standard InChI is InChI=1S/C36H32N4O5S2/c1-23-22-46-36(37-23)40-35(43)32(24-12-6-4-7-13-24)47-28-18-11-17-27(21-28)38-34(42)29(39-33(41)25-14-8-5-9-15-25)20-26-16-10-19-30(44-2)31(26)45-3/h4-22,32H,1-3H3,(H,38,42)(H,39,41)(H,37,40,43)/b29-20+. The molecule has 0 saturated heterocycles. The third-order valence-electron chi connectivity index (χ3n) is 6.80. The van der Waals surface area contributed by atoms with Crippen molar-refractivity contribution in [3.63, 3.8) is 0 Å². The first kappa shape index (κ1) is 33.0. The Morgan fingerprint density at radius 1 is 0.851 bits per heavy atom. The molecule has 0 fully saturated rings. The van der Waals surface area contributed by atoms with Gasteiger partial charge < -0.3 is 25.4 Å². The summed E-state index contributed by atoms with van der Waals surface area (Å²) in [4.78, 5) is 45.5. The largest absolute Gasteiger partial charge is 0.493 e. The lowest BCUT2D eigenvalue weighted by atomic mass is 10.1. The molecule has 0 bridgehead atoms. The number of ether oxygens (including phenoxy) is 2. The molecular formula is C36H32N4O5S2. The first-order valence-electron chi connectivity index (χ1n) is 14.5. The Labute approximate surface area is 281 Å². The molecule has 1 unspecified atom stereocenters. The van der Waals surface area contributed by atoms with Crippen LogP contribution in [0.25, 0.3) is 6.08 Å². The van der Waals surface area contributed by atoms with Crippen molar-refractivity contribution in [3.05, 3.63) is 137 Å². The zero-order chi connectivity index (χ0) is 33.2. The average Bonchev–Trinajstić information content (AvgIpc) is 3.51. The van der Waals surface area contributed by atoms with Gasteiger partial charge in [0.2, 0.25) is 5.91 Å². The maximum Gasteiger partial charge on any atom is 0.272 e. The number of hydrogen-bond acceptors (Lipinski definition) is 8. The van der Waals surface area contributed by atoms with Crippen molar-refractivity contribution in [2.45, 2.75) is 17.1 Å². The highest BCUT2D eigenvalue weighted by Crippen LogP contribution is 2.38. The second-order valence-electron chi connectivity index (χ2n) is 10.1. The fourth-order valence-electron chi connectivity index (χ4n) is 4.59. The van der Waals surface area contributed by atoms with Crippen LogP contribution >= 0.6 is 23.1 Å². The van der Waals surface area contributed by atoms with E-state index in [4.69, 9.17) is 9.47 Å². The lowest BCUT2D eigenvalue weighted by Crippen LogP contribution is -2.30. The molecule has 238 valence electrons. The summed E-state index contributed by atoms with van der Waals surface area (Å²) in [6.07, 6.45) is 1.53. The first-order valence-corrected chi connectivity index (χ1v) is 16.3. The number of carbonyl (C=O) groups excluding carboxylic acids is 3. The number of nitrogens with one attached hydrogen (secondary N) is 3. The van der Waals surface area contributed by atoms with Crippen molar-refractivity contribution in [2.24, 2.45) is 0 Å². The molecule has 1 heterocycles. The third kappa shape index (κ3) is 8.66. The van der Waals surface area contributed by atoms with E-state index in [1.807, 2.05) is 48.7 Å². The van der Waals surface area contributed by atoms with Crippen LogP contribution in [0, 0.1) is 6.92 Å². The number of methoxy groups -OCH3 is 2. The van der Waals surface area contributed by atoms with Gasteiger partial charge >= 0.3 is 0 Å².